The molecule has 0 aliphatic rings. The Balaban J connectivity index is 3.42. The summed E-state index contributed by atoms with van der Waals surface area (Å²) in [5, 5.41) is 0. The highest BCUT2D eigenvalue weighted by molar-refractivity contribution is 9.10. The van der Waals surface area contributed by atoms with E-state index in [1.807, 2.05) is 0 Å². The van der Waals surface area contributed by atoms with Crippen LogP contribution in [0.2, 0.25) is 0 Å². The molecule has 106 valence electrons. The van der Waals surface area contributed by atoms with Crippen LogP contribution in [-0.4, -0.2) is 17.6 Å². The number of rotatable bonds is 3. The van der Waals surface area contributed by atoms with Crippen molar-refractivity contribution in [3.63, 3.8) is 0 Å². The normalized spacial score (nSPS) is 11.8. The number of esters is 1. The molecule has 0 spiro atoms. The Labute approximate surface area is 112 Å². The second-order valence-corrected chi connectivity index (χ2v) is 4.12. The first-order valence-electron chi connectivity index (χ1n) is 4.91. The molecule has 0 fully saturated rings. The minimum absolute atomic E-state index is 0.0524. The van der Waals surface area contributed by atoms with Crippen LogP contribution in [0.15, 0.2) is 10.5 Å². The molecule has 0 saturated carbocycles. The van der Waals surface area contributed by atoms with Gasteiger partial charge in [0.2, 0.25) is 0 Å². The highest BCUT2D eigenvalue weighted by Gasteiger charge is 2.40. The Hall–Kier alpha value is -1.25. The Morgan fingerprint density at radius 1 is 1.47 bits per heavy atom. The summed E-state index contributed by atoms with van der Waals surface area (Å²) in [5.41, 5.74) is -3.72. The molecule has 0 N–H and O–H groups in total. The molecule has 0 aliphatic carbocycles. The summed E-state index contributed by atoms with van der Waals surface area (Å²) in [4.78, 5) is 14.3. The maximum absolute atomic E-state index is 12.6. The average Bonchev–Trinajstić information content (AvgIpc) is 2.26. The molecule has 1 rings (SSSR count). The van der Waals surface area contributed by atoms with E-state index >= 15 is 0 Å². The summed E-state index contributed by atoms with van der Waals surface area (Å²) < 4.78 is 67.0. The first-order chi connectivity index (χ1) is 8.68. The number of pyridine rings is 1. The zero-order valence-corrected chi connectivity index (χ0v) is 11.0. The molecule has 0 aromatic carbocycles. The standard InChI is InChI=1S/C10H7BrF5NO2/c1-2-19-9(18)5-3-4(11)6(10(14,15)16)7(17-5)8(12)13/h3,8H,2H2,1H3. The molecule has 0 aliphatic heterocycles. The van der Waals surface area contributed by atoms with Crippen LogP contribution in [0.1, 0.15) is 35.1 Å². The SMILES string of the molecule is CCOC(=O)c1cc(Br)c(C(F)(F)F)c(C(F)F)n1. The van der Waals surface area contributed by atoms with Crippen molar-refractivity contribution in [3.8, 4) is 0 Å². The van der Waals surface area contributed by atoms with E-state index in [4.69, 9.17) is 0 Å². The van der Waals surface area contributed by atoms with E-state index in [-0.39, 0.29) is 6.61 Å². The molecule has 0 amide bonds. The van der Waals surface area contributed by atoms with Crippen LogP contribution >= 0.6 is 15.9 Å². The first kappa shape index (κ1) is 15.8. The van der Waals surface area contributed by atoms with Crippen molar-refractivity contribution in [1.29, 1.82) is 0 Å². The fourth-order valence-corrected chi connectivity index (χ4v) is 1.93. The van der Waals surface area contributed by atoms with Gasteiger partial charge in [-0.1, -0.05) is 15.9 Å². The third kappa shape index (κ3) is 3.62. The third-order valence-corrected chi connectivity index (χ3v) is 2.60. The lowest BCUT2D eigenvalue weighted by Gasteiger charge is -2.14. The predicted octanol–water partition coefficient (Wildman–Crippen LogP) is 3.98. The molecule has 19 heavy (non-hydrogen) atoms. The van der Waals surface area contributed by atoms with Gasteiger partial charge >= 0.3 is 12.1 Å². The van der Waals surface area contributed by atoms with Crippen molar-refractivity contribution in [3.05, 3.63) is 27.5 Å². The van der Waals surface area contributed by atoms with Crippen LogP contribution < -0.4 is 0 Å². The number of nitrogens with zero attached hydrogens (tertiary/aromatic N) is 1. The number of carbonyl (C=O) groups is 1. The van der Waals surface area contributed by atoms with Gasteiger partial charge in [0.1, 0.15) is 11.4 Å². The summed E-state index contributed by atoms with van der Waals surface area (Å²) in [7, 11) is 0. The lowest BCUT2D eigenvalue weighted by atomic mass is 10.1. The van der Waals surface area contributed by atoms with Gasteiger partial charge in [-0.3, -0.25) is 0 Å². The molecule has 1 heterocycles. The Bertz CT molecular complexity index is 490. The van der Waals surface area contributed by atoms with Crippen LogP contribution in [-0.2, 0) is 10.9 Å². The zero-order valence-electron chi connectivity index (χ0n) is 9.39. The molecule has 0 radical (unpaired) electrons. The van der Waals surface area contributed by atoms with Gasteiger partial charge in [-0.25, -0.2) is 18.6 Å². The van der Waals surface area contributed by atoms with E-state index in [0.29, 0.717) is 6.07 Å². The number of hydrogen-bond donors (Lipinski definition) is 0. The number of carbonyl (C=O) groups excluding carboxylic acids is 1. The van der Waals surface area contributed by atoms with Gasteiger partial charge in [0.25, 0.3) is 6.43 Å². The van der Waals surface area contributed by atoms with Gasteiger partial charge in [-0.05, 0) is 13.0 Å². The third-order valence-electron chi connectivity index (χ3n) is 1.97. The number of halogens is 6. The summed E-state index contributed by atoms with van der Waals surface area (Å²) in [5.74, 6) is -1.07. The van der Waals surface area contributed by atoms with Crippen molar-refractivity contribution >= 4 is 21.9 Å². The smallest absolute Gasteiger partial charge is 0.419 e. The Kier molecular flexibility index (Phi) is 4.83. The molecule has 0 saturated heterocycles. The van der Waals surface area contributed by atoms with E-state index in [1.165, 1.54) is 6.92 Å². The van der Waals surface area contributed by atoms with E-state index < -0.39 is 40.0 Å². The van der Waals surface area contributed by atoms with Crippen molar-refractivity contribution in [1.82, 2.24) is 4.98 Å². The highest BCUT2D eigenvalue weighted by Crippen LogP contribution is 2.40. The van der Waals surface area contributed by atoms with Gasteiger partial charge < -0.3 is 4.74 Å². The van der Waals surface area contributed by atoms with Crippen molar-refractivity contribution in [2.24, 2.45) is 0 Å². The van der Waals surface area contributed by atoms with Gasteiger partial charge in [0, 0.05) is 4.47 Å². The van der Waals surface area contributed by atoms with Crippen LogP contribution in [0.3, 0.4) is 0 Å². The molecule has 0 unspecified atom stereocenters. The molecule has 0 bridgehead atoms. The fraction of sp³-hybridized carbons (Fsp3) is 0.400. The van der Waals surface area contributed by atoms with E-state index in [2.05, 4.69) is 25.7 Å². The molecule has 3 nitrogen and oxygen atoms in total. The largest absolute Gasteiger partial charge is 0.461 e. The molecule has 9 heteroatoms. The van der Waals surface area contributed by atoms with Crippen LogP contribution in [0.4, 0.5) is 22.0 Å². The minimum atomic E-state index is -5.01. The number of hydrogen-bond acceptors (Lipinski definition) is 3. The summed E-state index contributed by atoms with van der Waals surface area (Å²) in [6.45, 7) is 1.41. The zero-order chi connectivity index (χ0) is 14.8. The monoisotopic (exact) mass is 347 g/mol. The number of alkyl halides is 5. The summed E-state index contributed by atoms with van der Waals surface area (Å²) in [6, 6.07) is 0.701. The van der Waals surface area contributed by atoms with E-state index in [1.54, 1.807) is 0 Å². The van der Waals surface area contributed by atoms with Gasteiger partial charge in [0.15, 0.2) is 0 Å². The second kappa shape index (κ2) is 5.81. The number of ether oxygens (including phenoxy) is 1. The van der Waals surface area contributed by atoms with Crippen LogP contribution in [0, 0.1) is 0 Å². The van der Waals surface area contributed by atoms with E-state index in [0.717, 1.165) is 0 Å². The molecule has 1 aromatic heterocycles. The topological polar surface area (TPSA) is 39.2 Å². The van der Waals surface area contributed by atoms with Crippen LogP contribution in [0.25, 0.3) is 0 Å². The lowest BCUT2D eigenvalue weighted by molar-refractivity contribution is -0.140. The predicted molar refractivity (Wildman–Crippen MR) is 57.9 cm³/mol. The molecular formula is C10H7BrF5NO2. The van der Waals surface area contributed by atoms with Crippen LogP contribution in [0.5, 0.6) is 0 Å². The van der Waals surface area contributed by atoms with Gasteiger partial charge in [-0.2, -0.15) is 13.2 Å². The molecule has 0 atom stereocenters. The summed E-state index contributed by atoms with van der Waals surface area (Å²) >= 11 is 2.52. The average molecular weight is 348 g/mol. The highest BCUT2D eigenvalue weighted by atomic mass is 79.9. The molecular weight excluding hydrogens is 341 g/mol. The second-order valence-electron chi connectivity index (χ2n) is 3.27. The maximum Gasteiger partial charge on any atom is 0.419 e. The first-order valence-corrected chi connectivity index (χ1v) is 5.70. The van der Waals surface area contributed by atoms with Gasteiger partial charge in [-0.15, -0.1) is 0 Å². The maximum atomic E-state index is 12.6. The Morgan fingerprint density at radius 3 is 2.47 bits per heavy atom. The number of aromatic nitrogens is 1. The van der Waals surface area contributed by atoms with Crippen molar-refractivity contribution < 1.29 is 31.5 Å². The molecule has 1 aromatic rings. The fourth-order valence-electron chi connectivity index (χ4n) is 1.28. The minimum Gasteiger partial charge on any atom is -0.461 e. The van der Waals surface area contributed by atoms with Crippen molar-refractivity contribution in [2.75, 3.05) is 6.61 Å². The van der Waals surface area contributed by atoms with E-state index in [9.17, 15) is 26.7 Å². The Morgan fingerprint density at radius 2 is 2.05 bits per heavy atom. The quantitative estimate of drug-likeness (QED) is 0.613. The summed E-state index contributed by atoms with van der Waals surface area (Å²) in [6.07, 6.45) is -8.48. The lowest BCUT2D eigenvalue weighted by Crippen LogP contribution is -2.16. The van der Waals surface area contributed by atoms with Crippen molar-refractivity contribution in [2.45, 2.75) is 19.5 Å². The van der Waals surface area contributed by atoms with Gasteiger partial charge in [0.05, 0.1) is 12.2 Å².